The van der Waals surface area contributed by atoms with Gasteiger partial charge in [0.05, 0.1) is 48.3 Å². The van der Waals surface area contributed by atoms with E-state index in [0.717, 1.165) is 84.1 Å². The summed E-state index contributed by atoms with van der Waals surface area (Å²) in [5.74, 6) is 1.04. The molecular weight excluding hydrogens is 601 g/mol. The Morgan fingerprint density at radius 3 is 2.48 bits per heavy atom. The van der Waals surface area contributed by atoms with Crippen molar-refractivity contribution in [3.8, 4) is 5.75 Å². The van der Waals surface area contributed by atoms with Crippen LogP contribution >= 0.6 is 11.3 Å². The monoisotopic (exact) mass is 638 g/mol. The number of aryl methyl sites for hydroxylation is 1. The Labute approximate surface area is 261 Å². The molecule has 5 heterocycles. The summed E-state index contributed by atoms with van der Waals surface area (Å²) in [7, 11) is -1.45. The molecule has 2 fully saturated rings. The van der Waals surface area contributed by atoms with E-state index in [1.807, 2.05) is 17.5 Å². The minimum Gasteiger partial charge on any atom is -0.494 e. The number of anilines is 5. The van der Waals surface area contributed by atoms with Crippen LogP contribution < -0.4 is 26.0 Å². The van der Waals surface area contributed by atoms with Crippen LogP contribution in [0.4, 0.5) is 28.6 Å². The van der Waals surface area contributed by atoms with Gasteiger partial charge in [-0.15, -0.1) is 11.3 Å². The van der Waals surface area contributed by atoms with Gasteiger partial charge in [-0.05, 0) is 48.9 Å². The van der Waals surface area contributed by atoms with Crippen molar-refractivity contribution in [2.75, 3.05) is 68.2 Å². The molecule has 0 unspecified atom stereocenters. The lowest BCUT2D eigenvalue weighted by atomic mass is 10.0. The molecule has 2 aliphatic rings. The predicted molar refractivity (Wildman–Crippen MR) is 176 cm³/mol. The lowest BCUT2D eigenvalue weighted by molar-refractivity contribution is 0.100. The van der Waals surface area contributed by atoms with E-state index in [1.165, 1.54) is 17.6 Å². The molecular formula is C30H38N8O4S2. The van der Waals surface area contributed by atoms with Crippen LogP contribution in [0.25, 0.3) is 10.9 Å². The van der Waals surface area contributed by atoms with Crippen LogP contribution in [0.3, 0.4) is 0 Å². The zero-order valence-electron chi connectivity index (χ0n) is 25.1. The number of amides is 1. The predicted octanol–water partition coefficient (Wildman–Crippen LogP) is 4.07. The number of nitrogens with two attached hydrogens (primary N) is 1. The SMILES string of the molecule is COc1cc(N2CCC(N3CCN(S(C)(=O)=O)CC3)CC2)c(C)cc1Nc1cc2c(Nc3ccsc3C(N)=O)cncc2[nH]1. The molecule has 0 atom stereocenters. The van der Waals surface area contributed by atoms with E-state index in [9.17, 15) is 13.2 Å². The number of hydrogen-bond acceptors (Lipinski definition) is 10. The summed E-state index contributed by atoms with van der Waals surface area (Å²) in [4.78, 5) is 24.9. The summed E-state index contributed by atoms with van der Waals surface area (Å²) < 4.78 is 31.2. The number of rotatable bonds is 9. The quantitative estimate of drug-likeness (QED) is 0.213. The van der Waals surface area contributed by atoms with Gasteiger partial charge in [-0.25, -0.2) is 8.42 Å². The molecule has 2 aliphatic heterocycles. The van der Waals surface area contributed by atoms with E-state index in [1.54, 1.807) is 23.8 Å². The number of primary amides is 1. The molecule has 12 nitrogen and oxygen atoms in total. The van der Waals surface area contributed by atoms with Gasteiger partial charge in [-0.1, -0.05) is 0 Å². The first-order valence-electron chi connectivity index (χ1n) is 14.6. The van der Waals surface area contributed by atoms with Crippen LogP contribution in [0, 0.1) is 6.92 Å². The standard InChI is InChI=1S/C30H38N8O4S2/c1-19-14-23(34-28-15-21-24(17-32-18-25(21)35-28)33-22-6-13-43-29(22)30(31)39)27(42-2)16-26(19)37-7-4-20(5-8-37)36-9-11-38(12-10-36)44(3,40)41/h6,13-18,20,33-35H,4-5,7-12H2,1-3H3,(H2,31,39). The third kappa shape index (κ3) is 6.20. The van der Waals surface area contributed by atoms with Crippen molar-refractivity contribution in [3.63, 3.8) is 0 Å². The van der Waals surface area contributed by atoms with Crippen molar-refractivity contribution in [3.05, 3.63) is 52.5 Å². The third-order valence-electron chi connectivity index (χ3n) is 8.56. The number of carbonyl (C=O) groups is 1. The Morgan fingerprint density at radius 2 is 1.80 bits per heavy atom. The number of piperidine rings is 1. The number of hydrogen-bond donors (Lipinski definition) is 4. The van der Waals surface area contributed by atoms with Gasteiger partial charge in [0.1, 0.15) is 16.4 Å². The minimum absolute atomic E-state index is 0.466. The van der Waals surface area contributed by atoms with Crippen LogP contribution in [0.5, 0.6) is 5.75 Å². The minimum atomic E-state index is -3.12. The van der Waals surface area contributed by atoms with Crippen LogP contribution in [-0.2, 0) is 10.0 Å². The maximum Gasteiger partial charge on any atom is 0.260 e. The summed E-state index contributed by atoms with van der Waals surface area (Å²) in [5.41, 5.74) is 10.9. The molecule has 0 bridgehead atoms. The molecule has 0 spiro atoms. The van der Waals surface area contributed by atoms with Gasteiger partial charge in [0, 0.05) is 62.5 Å². The van der Waals surface area contributed by atoms with Crippen molar-refractivity contribution in [1.82, 2.24) is 19.2 Å². The number of methoxy groups -OCH3 is 1. The maximum absolute atomic E-state index is 11.9. The number of piperazine rings is 1. The summed E-state index contributed by atoms with van der Waals surface area (Å²) in [6.07, 6.45) is 6.84. The molecule has 4 aromatic rings. The van der Waals surface area contributed by atoms with Crippen LogP contribution in [0.1, 0.15) is 28.1 Å². The highest BCUT2D eigenvalue weighted by molar-refractivity contribution is 7.88. The van der Waals surface area contributed by atoms with E-state index in [4.69, 9.17) is 10.5 Å². The van der Waals surface area contributed by atoms with Gasteiger partial charge in [-0.2, -0.15) is 4.31 Å². The number of H-pyrrole nitrogens is 1. The van der Waals surface area contributed by atoms with Gasteiger partial charge in [-0.3, -0.25) is 14.7 Å². The average molecular weight is 639 g/mol. The van der Waals surface area contributed by atoms with Crippen LogP contribution in [0.15, 0.2) is 42.0 Å². The first kappa shape index (κ1) is 30.2. The topological polar surface area (TPSA) is 149 Å². The number of benzene rings is 1. The molecule has 14 heteroatoms. The lowest BCUT2D eigenvalue weighted by Crippen LogP contribution is -2.54. The Hall–Kier alpha value is -3.85. The van der Waals surface area contributed by atoms with E-state index >= 15 is 0 Å². The fraction of sp³-hybridized carbons (Fsp3) is 0.400. The smallest absolute Gasteiger partial charge is 0.260 e. The Kier molecular flexibility index (Phi) is 8.42. The fourth-order valence-electron chi connectivity index (χ4n) is 6.26. The van der Waals surface area contributed by atoms with Gasteiger partial charge in [0.2, 0.25) is 10.0 Å². The molecule has 3 aromatic heterocycles. The van der Waals surface area contributed by atoms with Crippen molar-refractivity contribution in [1.29, 1.82) is 0 Å². The molecule has 0 radical (unpaired) electrons. The summed E-state index contributed by atoms with van der Waals surface area (Å²) in [5, 5.41) is 9.52. The first-order chi connectivity index (χ1) is 21.1. The van der Waals surface area contributed by atoms with Gasteiger partial charge < -0.3 is 31.0 Å². The van der Waals surface area contributed by atoms with Gasteiger partial charge in [0.25, 0.3) is 5.91 Å². The molecule has 0 saturated carbocycles. The molecule has 6 rings (SSSR count). The Bertz CT molecular complexity index is 1770. The number of fused-ring (bicyclic) bond motifs is 1. The average Bonchev–Trinajstić information content (AvgIpc) is 3.64. The third-order valence-corrected chi connectivity index (χ3v) is 10.8. The first-order valence-corrected chi connectivity index (χ1v) is 17.3. The zero-order chi connectivity index (χ0) is 31.0. The van der Waals surface area contributed by atoms with Crippen LogP contribution in [0.2, 0.25) is 0 Å². The highest BCUT2D eigenvalue weighted by Gasteiger charge is 2.30. The van der Waals surface area contributed by atoms with Crippen molar-refractivity contribution in [2.45, 2.75) is 25.8 Å². The number of sulfonamides is 1. The summed E-state index contributed by atoms with van der Waals surface area (Å²) in [6, 6.07) is 8.50. The molecule has 234 valence electrons. The normalized spacial score (nSPS) is 17.2. The largest absolute Gasteiger partial charge is 0.494 e. The van der Waals surface area contributed by atoms with Gasteiger partial charge in [0.15, 0.2) is 0 Å². The Balaban J connectivity index is 1.14. The molecule has 2 saturated heterocycles. The van der Waals surface area contributed by atoms with E-state index in [-0.39, 0.29) is 0 Å². The van der Waals surface area contributed by atoms with E-state index < -0.39 is 15.9 Å². The molecule has 1 amide bonds. The zero-order valence-corrected chi connectivity index (χ0v) is 26.7. The van der Waals surface area contributed by atoms with E-state index in [2.05, 4.69) is 49.5 Å². The number of thiophene rings is 1. The van der Waals surface area contributed by atoms with E-state index in [0.29, 0.717) is 29.7 Å². The number of aromatic amines is 1. The molecule has 0 aliphatic carbocycles. The second kappa shape index (κ2) is 12.3. The van der Waals surface area contributed by atoms with Crippen LogP contribution in [-0.4, -0.2) is 92.2 Å². The number of nitrogens with zero attached hydrogens (tertiary/aromatic N) is 4. The van der Waals surface area contributed by atoms with Gasteiger partial charge >= 0.3 is 0 Å². The summed E-state index contributed by atoms with van der Waals surface area (Å²) in [6.45, 7) is 6.69. The van der Waals surface area contributed by atoms with Crippen molar-refractivity contribution >= 4 is 66.7 Å². The second-order valence-electron chi connectivity index (χ2n) is 11.4. The second-order valence-corrected chi connectivity index (χ2v) is 14.3. The highest BCUT2D eigenvalue weighted by Crippen LogP contribution is 2.38. The number of ether oxygens (including phenoxy) is 1. The highest BCUT2D eigenvalue weighted by atomic mass is 32.2. The summed E-state index contributed by atoms with van der Waals surface area (Å²) >= 11 is 1.30. The number of pyridine rings is 1. The Morgan fingerprint density at radius 1 is 1.05 bits per heavy atom. The fourth-order valence-corrected chi connectivity index (χ4v) is 7.79. The van der Waals surface area contributed by atoms with Crippen molar-refractivity contribution < 1.29 is 17.9 Å². The number of nitrogens with one attached hydrogen (secondary N) is 3. The maximum atomic E-state index is 11.9. The molecule has 1 aromatic carbocycles. The molecule has 44 heavy (non-hydrogen) atoms. The number of aromatic nitrogens is 2. The number of carbonyl (C=O) groups excluding carboxylic acids is 1. The van der Waals surface area contributed by atoms with Crippen molar-refractivity contribution in [2.24, 2.45) is 5.73 Å². The lowest BCUT2D eigenvalue weighted by Gasteiger charge is -2.43. The molecule has 5 N–H and O–H groups in total.